The van der Waals surface area contributed by atoms with Crippen LogP contribution in [-0.2, 0) is 4.79 Å². The molecule has 0 aliphatic heterocycles. The Balaban J connectivity index is 3.65. The van der Waals surface area contributed by atoms with Crippen molar-refractivity contribution in [2.45, 2.75) is 26.8 Å². The smallest absolute Gasteiger partial charge is 0.174 e. The summed E-state index contributed by atoms with van der Waals surface area (Å²) in [7, 11) is 0. The minimum atomic E-state index is 0.00343. The lowest BCUT2D eigenvalue weighted by Crippen LogP contribution is -2.24. The van der Waals surface area contributed by atoms with Crippen LogP contribution in [0.3, 0.4) is 0 Å². The van der Waals surface area contributed by atoms with Crippen molar-refractivity contribution in [3.05, 3.63) is 12.3 Å². The van der Waals surface area contributed by atoms with Crippen molar-refractivity contribution in [3.63, 3.8) is 0 Å². The number of carbonyl (C=O) groups excluding carboxylic acids is 1. The zero-order valence-electron chi connectivity index (χ0n) is 6.19. The highest BCUT2D eigenvalue weighted by atomic mass is 16.1. The van der Waals surface area contributed by atoms with Gasteiger partial charge in [0, 0.05) is 13.0 Å². The lowest BCUT2D eigenvalue weighted by Gasteiger charge is -2.08. The van der Waals surface area contributed by atoms with Crippen LogP contribution in [0.1, 0.15) is 20.8 Å². The van der Waals surface area contributed by atoms with Crippen LogP contribution in [0.2, 0.25) is 0 Å². The monoisotopic (exact) mass is 127 g/mol. The second-order valence-electron chi connectivity index (χ2n) is 2.33. The van der Waals surface area contributed by atoms with Gasteiger partial charge in [-0.25, -0.2) is 0 Å². The van der Waals surface area contributed by atoms with Crippen molar-refractivity contribution < 1.29 is 4.79 Å². The third-order valence-corrected chi connectivity index (χ3v) is 0.888. The number of hydrogen-bond acceptors (Lipinski definition) is 2. The van der Waals surface area contributed by atoms with Crippen molar-refractivity contribution in [1.29, 1.82) is 0 Å². The molecule has 0 radical (unpaired) electrons. The standard InChI is InChI=1S/C7H13NO/c1-5(2)8-6(3)7(4)9/h5,8H,3H2,1-2,4H3. The molecule has 0 fully saturated rings. The van der Waals surface area contributed by atoms with Gasteiger partial charge in [0.05, 0.1) is 5.70 Å². The average Bonchev–Trinajstić information content (AvgIpc) is 1.63. The van der Waals surface area contributed by atoms with Gasteiger partial charge in [-0.2, -0.15) is 0 Å². The summed E-state index contributed by atoms with van der Waals surface area (Å²) in [5.41, 5.74) is 0.491. The van der Waals surface area contributed by atoms with Gasteiger partial charge in [-0.3, -0.25) is 4.79 Å². The van der Waals surface area contributed by atoms with E-state index < -0.39 is 0 Å². The summed E-state index contributed by atoms with van der Waals surface area (Å²) in [5, 5.41) is 2.90. The minimum absolute atomic E-state index is 0.00343. The SMILES string of the molecule is C=C(NC(C)C)C(C)=O. The zero-order chi connectivity index (χ0) is 7.44. The van der Waals surface area contributed by atoms with Gasteiger partial charge < -0.3 is 5.32 Å². The van der Waals surface area contributed by atoms with Crippen molar-refractivity contribution in [2.24, 2.45) is 0 Å². The van der Waals surface area contributed by atoms with Crippen molar-refractivity contribution in [2.75, 3.05) is 0 Å². The van der Waals surface area contributed by atoms with Crippen LogP contribution in [0.5, 0.6) is 0 Å². The van der Waals surface area contributed by atoms with E-state index in [1.54, 1.807) is 0 Å². The van der Waals surface area contributed by atoms with E-state index >= 15 is 0 Å². The Morgan fingerprint density at radius 2 is 2.00 bits per heavy atom. The van der Waals surface area contributed by atoms with E-state index in [2.05, 4.69) is 11.9 Å². The molecule has 0 bridgehead atoms. The zero-order valence-corrected chi connectivity index (χ0v) is 6.19. The molecule has 52 valence electrons. The number of allylic oxidation sites excluding steroid dienone is 1. The summed E-state index contributed by atoms with van der Waals surface area (Å²) in [6.45, 7) is 8.96. The van der Waals surface area contributed by atoms with Crippen LogP contribution in [0.25, 0.3) is 0 Å². The first-order valence-corrected chi connectivity index (χ1v) is 3.00. The van der Waals surface area contributed by atoms with Gasteiger partial charge in [0.1, 0.15) is 0 Å². The number of hydrogen-bond donors (Lipinski definition) is 1. The van der Waals surface area contributed by atoms with E-state index in [0.717, 1.165) is 0 Å². The Hall–Kier alpha value is -0.790. The molecule has 0 atom stereocenters. The molecule has 0 heterocycles. The van der Waals surface area contributed by atoms with Crippen LogP contribution in [-0.4, -0.2) is 11.8 Å². The van der Waals surface area contributed by atoms with Crippen LogP contribution < -0.4 is 5.32 Å². The number of rotatable bonds is 3. The topological polar surface area (TPSA) is 29.1 Å². The lowest BCUT2D eigenvalue weighted by atomic mass is 10.3. The third-order valence-electron chi connectivity index (χ3n) is 0.888. The maximum Gasteiger partial charge on any atom is 0.174 e. The highest BCUT2D eigenvalue weighted by molar-refractivity contribution is 5.91. The molecule has 0 aromatic heterocycles. The number of Topliss-reactive ketones (excluding diaryl/α,β-unsaturated/α-hetero) is 1. The number of ketones is 1. The quantitative estimate of drug-likeness (QED) is 0.575. The summed E-state index contributed by atoms with van der Waals surface area (Å²) in [6.07, 6.45) is 0. The van der Waals surface area contributed by atoms with Gasteiger partial charge in [-0.15, -0.1) is 0 Å². The fourth-order valence-electron chi connectivity index (χ4n) is 0.450. The lowest BCUT2D eigenvalue weighted by molar-refractivity contribution is -0.114. The van der Waals surface area contributed by atoms with Gasteiger partial charge in [0.25, 0.3) is 0 Å². The largest absolute Gasteiger partial charge is 0.380 e. The molecule has 1 N–H and O–H groups in total. The summed E-state index contributed by atoms with van der Waals surface area (Å²) in [4.78, 5) is 10.5. The molecule has 9 heavy (non-hydrogen) atoms. The summed E-state index contributed by atoms with van der Waals surface area (Å²) < 4.78 is 0. The average molecular weight is 127 g/mol. The van der Waals surface area contributed by atoms with E-state index in [9.17, 15) is 4.79 Å². The molecule has 0 aromatic rings. The highest BCUT2D eigenvalue weighted by Crippen LogP contribution is 1.88. The Kier molecular flexibility index (Phi) is 2.99. The summed E-state index contributed by atoms with van der Waals surface area (Å²) in [6, 6.07) is 0.293. The maximum atomic E-state index is 10.5. The van der Waals surface area contributed by atoms with Crippen LogP contribution in [0.15, 0.2) is 12.3 Å². The second-order valence-corrected chi connectivity index (χ2v) is 2.33. The molecular formula is C7H13NO. The van der Waals surface area contributed by atoms with Gasteiger partial charge in [-0.1, -0.05) is 6.58 Å². The van der Waals surface area contributed by atoms with E-state index in [-0.39, 0.29) is 5.78 Å². The minimum Gasteiger partial charge on any atom is -0.380 e. The van der Waals surface area contributed by atoms with Crippen LogP contribution >= 0.6 is 0 Å². The fourth-order valence-corrected chi connectivity index (χ4v) is 0.450. The molecule has 0 amide bonds. The molecule has 0 aromatic carbocycles. The van der Waals surface area contributed by atoms with E-state index in [4.69, 9.17) is 0 Å². The molecule has 0 unspecified atom stereocenters. The van der Waals surface area contributed by atoms with Gasteiger partial charge >= 0.3 is 0 Å². The molecule has 0 saturated carbocycles. The molecule has 0 saturated heterocycles. The summed E-state index contributed by atoms with van der Waals surface area (Å²) in [5.74, 6) is 0.00343. The molecule has 0 rings (SSSR count). The molecule has 2 nitrogen and oxygen atoms in total. The predicted molar refractivity (Wildman–Crippen MR) is 38.1 cm³/mol. The highest BCUT2D eigenvalue weighted by Gasteiger charge is 1.99. The van der Waals surface area contributed by atoms with Crippen molar-refractivity contribution in [3.8, 4) is 0 Å². The maximum absolute atomic E-state index is 10.5. The Bertz CT molecular complexity index is 127. The van der Waals surface area contributed by atoms with Gasteiger partial charge in [0.2, 0.25) is 0 Å². The van der Waals surface area contributed by atoms with Crippen molar-refractivity contribution >= 4 is 5.78 Å². The number of nitrogens with one attached hydrogen (secondary N) is 1. The van der Waals surface area contributed by atoms with E-state index in [0.29, 0.717) is 11.7 Å². The van der Waals surface area contributed by atoms with Crippen LogP contribution in [0.4, 0.5) is 0 Å². The van der Waals surface area contributed by atoms with Crippen molar-refractivity contribution in [1.82, 2.24) is 5.32 Å². The van der Waals surface area contributed by atoms with Crippen LogP contribution in [0, 0.1) is 0 Å². The molecular weight excluding hydrogens is 114 g/mol. The number of carbonyl (C=O) groups is 1. The van der Waals surface area contributed by atoms with E-state index in [1.807, 2.05) is 13.8 Å². The first kappa shape index (κ1) is 8.21. The molecule has 0 spiro atoms. The molecule has 0 aliphatic carbocycles. The first-order valence-electron chi connectivity index (χ1n) is 3.00. The van der Waals surface area contributed by atoms with Gasteiger partial charge in [-0.05, 0) is 13.8 Å². The predicted octanol–water partition coefficient (Wildman–Crippen LogP) is 1.09. The Morgan fingerprint density at radius 1 is 1.56 bits per heavy atom. The molecule has 0 aliphatic rings. The second kappa shape index (κ2) is 3.28. The Labute approximate surface area is 56.0 Å². The normalized spacial score (nSPS) is 9.33. The fraction of sp³-hybridized carbons (Fsp3) is 0.571. The van der Waals surface area contributed by atoms with E-state index in [1.165, 1.54) is 6.92 Å². The molecule has 2 heteroatoms. The van der Waals surface area contributed by atoms with Gasteiger partial charge in [0.15, 0.2) is 5.78 Å². The summed E-state index contributed by atoms with van der Waals surface area (Å²) >= 11 is 0. The third kappa shape index (κ3) is 3.76. The first-order chi connectivity index (χ1) is 4.04. The Morgan fingerprint density at radius 3 is 2.11 bits per heavy atom.